The highest BCUT2D eigenvalue weighted by Crippen LogP contribution is 2.31. The minimum atomic E-state index is 0.193. The number of aromatic nitrogens is 2. The first-order valence-electron chi connectivity index (χ1n) is 6.43. The third-order valence-corrected chi connectivity index (χ3v) is 4.05. The van der Waals surface area contributed by atoms with E-state index in [1.165, 1.54) is 43.6 Å². The molecule has 2 nitrogen and oxygen atoms in total. The van der Waals surface area contributed by atoms with E-state index in [1.54, 1.807) is 0 Å². The second kappa shape index (κ2) is 6.33. The third-order valence-electron chi connectivity index (χ3n) is 3.43. The molecule has 0 fully saturated rings. The lowest BCUT2D eigenvalue weighted by atomic mass is 9.81. The Morgan fingerprint density at radius 3 is 2.44 bits per heavy atom. The fourth-order valence-corrected chi connectivity index (χ4v) is 2.54. The summed E-state index contributed by atoms with van der Waals surface area (Å²) in [5.74, 6) is 1.06. The van der Waals surface area contributed by atoms with Gasteiger partial charge in [0.05, 0.1) is 0 Å². The monoisotopic (exact) mass is 240 g/mol. The topological polar surface area (TPSA) is 25.8 Å². The van der Waals surface area contributed by atoms with Gasteiger partial charge in [-0.05, 0) is 31.3 Å². The Bertz CT molecular complexity index is 309. The molecule has 0 saturated carbocycles. The van der Waals surface area contributed by atoms with Crippen LogP contribution in [0, 0.1) is 6.92 Å². The maximum atomic E-state index is 4.56. The highest BCUT2D eigenvalue weighted by Gasteiger charge is 2.28. The molecule has 0 aliphatic heterocycles. The van der Waals surface area contributed by atoms with Gasteiger partial charge in [0.2, 0.25) is 0 Å². The predicted molar refractivity (Wildman–Crippen MR) is 71.0 cm³/mol. The highest BCUT2D eigenvalue weighted by molar-refractivity contribution is 7.05. The van der Waals surface area contributed by atoms with Crippen molar-refractivity contribution >= 4 is 11.5 Å². The number of hydrogen-bond donors (Lipinski definition) is 0. The van der Waals surface area contributed by atoms with E-state index in [0.717, 1.165) is 17.3 Å². The largest absolute Gasteiger partial charge is 0.224 e. The zero-order valence-corrected chi connectivity index (χ0v) is 11.9. The average molecular weight is 240 g/mol. The van der Waals surface area contributed by atoms with Gasteiger partial charge in [-0.2, -0.15) is 4.37 Å². The molecule has 1 rings (SSSR count). The number of aryl methyl sites for hydroxylation is 1. The minimum absolute atomic E-state index is 0.193. The number of unbranched alkanes of at least 4 members (excludes halogenated alkanes) is 3. The van der Waals surface area contributed by atoms with Crippen LogP contribution in [-0.4, -0.2) is 9.36 Å². The van der Waals surface area contributed by atoms with Gasteiger partial charge in [-0.25, -0.2) is 4.98 Å². The average Bonchev–Trinajstić information content (AvgIpc) is 2.71. The minimum Gasteiger partial charge on any atom is -0.224 e. The van der Waals surface area contributed by atoms with E-state index in [0.29, 0.717) is 0 Å². The maximum Gasteiger partial charge on any atom is 0.148 e. The van der Waals surface area contributed by atoms with Gasteiger partial charge in [0, 0.05) is 5.41 Å². The van der Waals surface area contributed by atoms with E-state index >= 15 is 0 Å². The van der Waals surface area contributed by atoms with Gasteiger partial charge >= 0.3 is 0 Å². The van der Waals surface area contributed by atoms with Gasteiger partial charge in [-0.15, -0.1) is 0 Å². The van der Waals surface area contributed by atoms with E-state index in [9.17, 15) is 0 Å². The fraction of sp³-hybridized carbons (Fsp3) is 0.846. The van der Waals surface area contributed by atoms with E-state index in [4.69, 9.17) is 0 Å². The highest BCUT2D eigenvalue weighted by atomic mass is 32.1. The van der Waals surface area contributed by atoms with Crippen molar-refractivity contribution in [2.45, 2.75) is 71.6 Å². The molecule has 0 saturated heterocycles. The fourth-order valence-electron chi connectivity index (χ4n) is 1.93. The molecule has 0 aliphatic rings. The lowest BCUT2D eigenvalue weighted by molar-refractivity contribution is 0.378. The summed E-state index contributed by atoms with van der Waals surface area (Å²) < 4.78 is 4.49. The zero-order chi connectivity index (χ0) is 12.0. The Hall–Kier alpha value is -0.440. The number of hydrogen-bond acceptors (Lipinski definition) is 3. The normalized spacial score (nSPS) is 15.0. The molecular weight excluding hydrogens is 216 g/mol. The molecule has 0 bridgehead atoms. The lowest BCUT2D eigenvalue weighted by Gasteiger charge is -2.24. The van der Waals surface area contributed by atoms with E-state index in [2.05, 4.69) is 30.1 Å². The summed E-state index contributed by atoms with van der Waals surface area (Å²) >= 11 is 1.53. The van der Waals surface area contributed by atoms with Gasteiger partial charge < -0.3 is 0 Å². The number of rotatable bonds is 7. The summed E-state index contributed by atoms with van der Waals surface area (Å²) in [6.45, 7) is 8.84. The van der Waals surface area contributed by atoms with Gasteiger partial charge in [0.25, 0.3) is 0 Å². The van der Waals surface area contributed by atoms with Gasteiger partial charge in [-0.3, -0.25) is 0 Å². The maximum absolute atomic E-state index is 4.56. The summed E-state index contributed by atoms with van der Waals surface area (Å²) in [5, 5.41) is 1.09. The van der Waals surface area contributed by atoms with Crippen LogP contribution in [0.5, 0.6) is 0 Å². The Morgan fingerprint density at radius 2 is 1.94 bits per heavy atom. The summed E-state index contributed by atoms with van der Waals surface area (Å²) in [4.78, 5) is 4.56. The number of nitrogens with zero attached hydrogens (tertiary/aromatic N) is 2. The van der Waals surface area contributed by atoms with Crippen molar-refractivity contribution in [1.82, 2.24) is 9.36 Å². The summed E-state index contributed by atoms with van der Waals surface area (Å²) in [5.41, 5.74) is 0.193. The molecular formula is C13H24N2S. The van der Waals surface area contributed by atoms with Crippen LogP contribution in [0.3, 0.4) is 0 Å². The van der Waals surface area contributed by atoms with Crippen molar-refractivity contribution < 1.29 is 0 Å². The Morgan fingerprint density at radius 1 is 1.19 bits per heavy atom. The molecule has 0 N–H and O–H groups in total. The van der Waals surface area contributed by atoms with Gasteiger partial charge in [0.15, 0.2) is 0 Å². The predicted octanol–water partition coefficient (Wildman–Crippen LogP) is 4.48. The first kappa shape index (κ1) is 13.6. The van der Waals surface area contributed by atoms with Crippen molar-refractivity contribution in [3.05, 3.63) is 10.8 Å². The van der Waals surface area contributed by atoms with Crippen molar-refractivity contribution in [2.24, 2.45) is 0 Å². The molecule has 0 amide bonds. The van der Waals surface area contributed by atoms with Crippen molar-refractivity contribution in [3.63, 3.8) is 0 Å². The van der Waals surface area contributed by atoms with E-state index in [1.807, 2.05) is 6.92 Å². The van der Waals surface area contributed by atoms with E-state index < -0.39 is 0 Å². The molecule has 92 valence electrons. The SMILES string of the molecule is CCCCCCC(C)(CC)c1nsc(C)n1. The van der Waals surface area contributed by atoms with Crippen molar-refractivity contribution in [2.75, 3.05) is 0 Å². The first-order valence-corrected chi connectivity index (χ1v) is 7.20. The Kier molecular flexibility index (Phi) is 5.39. The second-order valence-corrected chi connectivity index (χ2v) is 5.82. The molecule has 1 unspecified atom stereocenters. The zero-order valence-electron chi connectivity index (χ0n) is 11.0. The molecule has 1 heterocycles. The van der Waals surface area contributed by atoms with Gasteiger partial charge in [-0.1, -0.05) is 46.5 Å². The molecule has 16 heavy (non-hydrogen) atoms. The summed E-state index contributed by atoms with van der Waals surface area (Å²) in [6, 6.07) is 0. The molecule has 0 aliphatic carbocycles. The Balaban J connectivity index is 2.56. The molecule has 0 radical (unpaired) electrons. The third kappa shape index (κ3) is 3.55. The molecule has 1 aromatic heterocycles. The van der Waals surface area contributed by atoms with Crippen LogP contribution in [0.1, 0.15) is 70.1 Å². The van der Waals surface area contributed by atoms with Gasteiger partial charge in [0.1, 0.15) is 10.8 Å². The summed E-state index contributed by atoms with van der Waals surface area (Å²) in [6.07, 6.45) is 7.65. The van der Waals surface area contributed by atoms with Crippen molar-refractivity contribution in [1.29, 1.82) is 0 Å². The van der Waals surface area contributed by atoms with Crippen LogP contribution in [0.4, 0.5) is 0 Å². The quantitative estimate of drug-likeness (QED) is 0.656. The smallest absolute Gasteiger partial charge is 0.148 e. The lowest BCUT2D eigenvalue weighted by Crippen LogP contribution is -2.22. The summed E-state index contributed by atoms with van der Waals surface area (Å²) in [7, 11) is 0. The van der Waals surface area contributed by atoms with Crippen LogP contribution < -0.4 is 0 Å². The molecule has 1 atom stereocenters. The van der Waals surface area contributed by atoms with E-state index in [-0.39, 0.29) is 5.41 Å². The molecule has 1 aromatic rings. The Labute approximate surface area is 104 Å². The van der Waals surface area contributed by atoms with Crippen LogP contribution in [0.15, 0.2) is 0 Å². The van der Waals surface area contributed by atoms with Crippen LogP contribution in [0.25, 0.3) is 0 Å². The van der Waals surface area contributed by atoms with Crippen LogP contribution >= 0.6 is 11.5 Å². The first-order chi connectivity index (χ1) is 7.62. The molecule has 0 spiro atoms. The second-order valence-electron chi connectivity index (χ2n) is 4.86. The standard InChI is InChI=1S/C13H24N2S/c1-5-7-8-9-10-13(4,6-2)12-14-11(3)16-15-12/h5-10H2,1-4H3. The van der Waals surface area contributed by atoms with Crippen molar-refractivity contribution in [3.8, 4) is 0 Å². The molecule has 0 aromatic carbocycles. The van der Waals surface area contributed by atoms with Crippen LogP contribution in [-0.2, 0) is 5.41 Å². The van der Waals surface area contributed by atoms with Crippen LogP contribution in [0.2, 0.25) is 0 Å². The molecule has 3 heteroatoms.